The maximum absolute atomic E-state index is 13.3. The van der Waals surface area contributed by atoms with E-state index in [0.717, 1.165) is 44.2 Å². The van der Waals surface area contributed by atoms with E-state index in [9.17, 15) is 13.6 Å². The van der Waals surface area contributed by atoms with Gasteiger partial charge in [0.15, 0.2) is 0 Å². The van der Waals surface area contributed by atoms with Gasteiger partial charge in [0.25, 0.3) is 5.91 Å². The third-order valence-electron chi connectivity index (χ3n) is 5.12. The van der Waals surface area contributed by atoms with Crippen LogP contribution in [-0.4, -0.2) is 61.6 Å². The molecule has 0 saturated carbocycles. The monoisotopic (exact) mass is 324 g/mol. The highest BCUT2D eigenvalue weighted by atomic mass is 19.1. The van der Waals surface area contributed by atoms with Crippen LogP contribution in [0.1, 0.15) is 23.2 Å². The van der Waals surface area contributed by atoms with Crippen molar-refractivity contribution in [2.75, 3.05) is 40.4 Å². The molecule has 2 heterocycles. The maximum atomic E-state index is 13.3. The van der Waals surface area contributed by atoms with E-state index in [1.54, 1.807) is 12.0 Å². The Morgan fingerprint density at radius 2 is 1.96 bits per heavy atom. The van der Waals surface area contributed by atoms with Gasteiger partial charge in [-0.2, -0.15) is 0 Å². The zero-order chi connectivity index (χ0) is 16.6. The van der Waals surface area contributed by atoms with Gasteiger partial charge in [-0.3, -0.25) is 9.69 Å². The van der Waals surface area contributed by atoms with Gasteiger partial charge in [0.1, 0.15) is 11.6 Å². The number of likely N-dealkylation sites (tertiary alicyclic amines) is 2. The summed E-state index contributed by atoms with van der Waals surface area (Å²) in [5.41, 5.74) is 0.0486. The molecule has 1 aromatic rings. The second kappa shape index (κ2) is 6.17. The number of likely N-dealkylation sites (N-methyl/N-ethyl adjacent to an activating group) is 1. The van der Waals surface area contributed by atoms with Gasteiger partial charge in [-0.25, -0.2) is 8.78 Å². The molecule has 1 amide bonds. The van der Waals surface area contributed by atoms with Crippen LogP contribution in [0.4, 0.5) is 8.78 Å². The second-order valence-corrected chi connectivity index (χ2v) is 6.78. The molecule has 2 aliphatic heterocycles. The first-order chi connectivity index (χ1) is 10.9. The van der Waals surface area contributed by atoms with Crippen LogP contribution in [0.15, 0.2) is 18.2 Å². The molecule has 1 atom stereocenters. The highest BCUT2D eigenvalue weighted by Gasteiger charge is 2.50. The Morgan fingerprint density at radius 3 is 2.57 bits per heavy atom. The number of methoxy groups -OCH3 is 1. The molecule has 0 aromatic heterocycles. The Hall–Kier alpha value is -1.53. The van der Waals surface area contributed by atoms with Crippen molar-refractivity contribution >= 4 is 5.91 Å². The van der Waals surface area contributed by atoms with Crippen molar-refractivity contribution in [1.29, 1.82) is 0 Å². The number of carbonyl (C=O) groups is 1. The smallest absolute Gasteiger partial charge is 0.254 e. The van der Waals surface area contributed by atoms with Crippen molar-refractivity contribution in [3.63, 3.8) is 0 Å². The fourth-order valence-electron chi connectivity index (χ4n) is 3.82. The summed E-state index contributed by atoms with van der Waals surface area (Å²) in [4.78, 5) is 16.4. The zero-order valence-corrected chi connectivity index (χ0v) is 13.5. The van der Waals surface area contributed by atoms with Crippen LogP contribution in [0, 0.1) is 17.6 Å². The molecular formula is C17H22F2N2O2. The Morgan fingerprint density at radius 1 is 1.30 bits per heavy atom. The molecule has 1 aromatic carbocycles. The fraction of sp³-hybridized carbons (Fsp3) is 0.588. The van der Waals surface area contributed by atoms with Crippen molar-refractivity contribution in [2.24, 2.45) is 5.92 Å². The standard InChI is InChI=1S/C17H22F2N2O2/c1-20-4-3-12(9-23-2)8-17(20)10-21(11-17)16(22)13-5-14(18)7-15(19)6-13/h5-7,12H,3-4,8-11H2,1-2H3/t12-/m0/s1. The van der Waals surface area contributed by atoms with E-state index in [1.807, 2.05) is 0 Å². The highest BCUT2D eigenvalue weighted by Crippen LogP contribution is 2.38. The molecule has 0 radical (unpaired) electrons. The molecule has 2 saturated heterocycles. The van der Waals surface area contributed by atoms with E-state index in [-0.39, 0.29) is 17.0 Å². The van der Waals surface area contributed by atoms with Crippen LogP contribution in [0.3, 0.4) is 0 Å². The van der Waals surface area contributed by atoms with Gasteiger partial charge in [0.2, 0.25) is 0 Å². The zero-order valence-electron chi connectivity index (χ0n) is 13.5. The molecule has 4 nitrogen and oxygen atoms in total. The molecule has 3 rings (SSSR count). The lowest BCUT2D eigenvalue weighted by Crippen LogP contribution is -2.72. The van der Waals surface area contributed by atoms with E-state index >= 15 is 0 Å². The quantitative estimate of drug-likeness (QED) is 0.854. The second-order valence-electron chi connectivity index (χ2n) is 6.78. The van der Waals surface area contributed by atoms with Crippen molar-refractivity contribution in [3.8, 4) is 0 Å². The lowest BCUT2D eigenvalue weighted by Gasteiger charge is -2.58. The number of carbonyl (C=O) groups excluding carboxylic acids is 1. The fourth-order valence-corrected chi connectivity index (χ4v) is 3.82. The summed E-state index contributed by atoms with van der Waals surface area (Å²) in [5, 5.41) is 0. The molecule has 23 heavy (non-hydrogen) atoms. The molecule has 0 aliphatic carbocycles. The molecule has 6 heteroatoms. The highest BCUT2D eigenvalue weighted by molar-refractivity contribution is 5.95. The predicted octanol–water partition coefficient (Wildman–Crippen LogP) is 2.15. The van der Waals surface area contributed by atoms with Gasteiger partial charge < -0.3 is 9.64 Å². The van der Waals surface area contributed by atoms with Crippen LogP contribution in [0.5, 0.6) is 0 Å². The van der Waals surface area contributed by atoms with Gasteiger partial charge >= 0.3 is 0 Å². The molecule has 2 fully saturated rings. The Balaban J connectivity index is 1.68. The largest absolute Gasteiger partial charge is 0.384 e. The Bertz CT molecular complexity index is 582. The lowest BCUT2D eigenvalue weighted by molar-refractivity contribution is -0.0731. The van der Waals surface area contributed by atoms with E-state index in [2.05, 4.69) is 11.9 Å². The maximum Gasteiger partial charge on any atom is 0.254 e. The van der Waals surface area contributed by atoms with Gasteiger partial charge in [-0.15, -0.1) is 0 Å². The number of hydrogen-bond acceptors (Lipinski definition) is 3. The number of nitrogens with zero attached hydrogens (tertiary/aromatic N) is 2. The number of ether oxygens (including phenoxy) is 1. The molecular weight excluding hydrogens is 302 g/mol. The summed E-state index contributed by atoms with van der Waals surface area (Å²) >= 11 is 0. The van der Waals surface area contributed by atoms with E-state index < -0.39 is 11.6 Å². The van der Waals surface area contributed by atoms with Crippen LogP contribution >= 0.6 is 0 Å². The topological polar surface area (TPSA) is 32.8 Å². The molecule has 0 bridgehead atoms. The first kappa shape index (κ1) is 16.3. The third kappa shape index (κ3) is 3.10. The van der Waals surface area contributed by atoms with Crippen molar-refractivity contribution in [1.82, 2.24) is 9.80 Å². The van der Waals surface area contributed by atoms with Crippen molar-refractivity contribution < 1.29 is 18.3 Å². The summed E-state index contributed by atoms with van der Waals surface area (Å²) in [5.74, 6) is -1.26. The number of benzene rings is 1. The average Bonchev–Trinajstić information content (AvgIpc) is 2.45. The number of rotatable bonds is 3. The van der Waals surface area contributed by atoms with Crippen LogP contribution in [0.25, 0.3) is 0 Å². The summed E-state index contributed by atoms with van der Waals surface area (Å²) in [6.07, 6.45) is 2.08. The van der Waals surface area contributed by atoms with E-state index in [1.165, 1.54) is 0 Å². The summed E-state index contributed by atoms with van der Waals surface area (Å²) in [6.45, 7) is 2.91. The first-order valence-electron chi connectivity index (χ1n) is 7.89. The van der Waals surface area contributed by atoms with Crippen LogP contribution in [-0.2, 0) is 4.74 Å². The molecule has 2 aliphatic rings. The minimum atomic E-state index is -0.724. The van der Waals surface area contributed by atoms with Crippen molar-refractivity contribution in [2.45, 2.75) is 18.4 Å². The number of halogens is 2. The predicted molar refractivity (Wildman–Crippen MR) is 82.2 cm³/mol. The van der Waals surface area contributed by atoms with Crippen LogP contribution < -0.4 is 0 Å². The lowest BCUT2D eigenvalue weighted by atomic mass is 9.75. The minimum Gasteiger partial charge on any atom is -0.384 e. The van der Waals surface area contributed by atoms with E-state index in [0.29, 0.717) is 19.0 Å². The van der Waals surface area contributed by atoms with Crippen LogP contribution in [0.2, 0.25) is 0 Å². The first-order valence-corrected chi connectivity index (χ1v) is 7.89. The van der Waals surface area contributed by atoms with Gasteiger partial charge in [0, 0.05) is 38.4 Å². The third-order valence-corrected chi connectivity index (χ3v) is 5.12. The molecule has 0 unspecified atom stereocenters. The summed E-state index contributed by atoms with van der Waals surface area (Å²) in [6, 6.07) is 2.96. The molecule has 126 valence electrons. The Labute approximate surface area is 135 Å². The SMILES string of the molecule is COC[C@H]1CCN(C)C2(C1)CN(C(=O)c1cc(F)cc(F)c1)C2. The average molecular weight is 324 g/mol. The Kier molecular flexibility index (Phi) is 4.38. The van der Waals surface area contributed by atoms with Gasteiger partial charge in [0.05, 0.1) is 5.54 Å². The summed E-state index contributed by atoms with van der Waals surface area (Å²) < 4.78 is 31.8. The van der Waals surface area contributed by atoms with Crippen molar-refractivity contribution in [3.05, 3.63) is 35.4 Å². The number of amides is 1. The number of piperidine rings is 1. The van der Waals surface area contributed by atoms with Gasteiger partial charge in [-0.05, 0) is 44.5 Å². The molecule has 1 spiro atoms. The number of hydrogen-bond donors (Lipinski definition) is 0. The summed E-state index contributed by atoms with van der Waals surface area (Å²) in [7, 11) is 3.78. The van der Waals surface area contributed by atoms with Gasteiger partial charge in [-0.1, -0.05) is 0 Å². The minimum absolute atomic E-state index is 0.0248. The van der Waals surface area contributed by atoms with E-state index in [4.69, 9.17) is 4.74 Å². The molecule has 0 N–H and O–H groups in total. The normalized spacial score (nSPS) is 23.8.